The normalized spacial score (nSPS) is 47.7. The minimum absolute atomic E-state index is 2.32. The Bertz CT molecular complexity index is 461. The minimum atomic E-state index is -5.46. The number of fused-ring (bicyclic) bond motifs is 2. The van der Waals surface area contributed by atoms with Gasteiger partial charge in [-0.15, -0.1) is 0 Å². The Kier molecular flexibility index (Phi) is 1.85. The van der Waals surface area contributed by atoms with Crippen molar-refractivity contribution in [3.05, 3.63) is 11.7 Å². The van der Waals surface area contributed by atoms with Crippen LogP contribution in [0.3, 0.4) is 0 Å². The van der Waals surface area contributed by atoms with Crippen LogP contribution in [0.25, 0.3) is 0 Å². The van der Waals surface area contributed by atoms with Crippen molar-refractivity contribution in [2.24, 2.45) is 0 Å². The van der Waals surface area contributed by atoms with Crippen molar-refractivity contribution in [3.63, 3.8) is 0 Å². The maximum atomic E-state index is 13.6. The molecule has 0 aromatic carbocycles. The summed E-state index contributed by atoms with van der Waals surface area (Å²) in [6.45, 7) is 0. The van der Waals surface area contributed by atoms with Crippen LogP contribution in [0.1, 0.15) is 6.42 Å². The summed E-state index contributed by atoms with van der Waals surface area (Å²) in [6.07, 6.45) is -2.32. The number of halogens is 7. The van der Waals surface area contributed by atoms with Gasteiger partial charge < -0.3 is 5.11 Å². The molecule has 3 atom stereocenters. The van der Waals surface area contributed by atoms with Crippen LogP contribution in [0.15, 0.2) is 11.7 Å². The molecule has 0 radical (unpaired) electrons. The molecule has 2 bridgehead atoms. The third-order valence-electron chi connectivity index (χ3n) is 3.15. The van der Waals surface area contributed by atoms with E-state index in [4.69, 9.17) is 5.11 Å². The maximum absolute atomic E-state index is 13.6. The number of alkyl halides is 5. The highest BCUT2D eigenvalue weighted by molar-refractivity contribution is 5.83. The lowest BCUT2D eigenvalue weighted by Gasteiger charge is -2.29. The van der Waals surface area contributed by atoms with E-state index in [0.717, 1.165) is 0 Å². The van der Waals surface area contributed by atoms with E-state index in [1.165, 1.54) is 0 Å². The molecule has 3 unspecified atom stereocenters. The highest BCUT2D eigenvalue weighted by Crippen LogP contribution is 2.71. The van der Waals surface area contributed by atoms with Crippen LogP contribution >= 0.6 is 0 Å². The molecular formula is C8H3F7O2. The molecule has 0 aromatic rings. The van der Waals surface area contributed by atoms with Gasteiger partial charge in [0, 0.05) is 6.42 Å². The predicted octanol–water partition coefficient (Wildman–Crippen LogP) is 2.40. The number of rotatable bonds is 1. The topological polar surface area (TPSA) is 37.3 Å². The molecule has 0 heterocycles. The summed E-state index contributed by atoms with van der Waals surface area (Å²) in [5.41, 5.74) is -14.3. The summed E-state index contributed by atoms with van der Waals surface area (Å²) >= 11 is 0. The fourth-order valence-electron chi connectivity index (χ4n) is 2.17. The van der Waals surface area contributed by atoms with Crippen molar-refractivity contribution in [2.75, 3.05) is 0 Å². The van der Waals surface area contributed by atoms with E-state index < -0.39 is 47.0 Å². The van der Waals surface area contributed by atoms with Gasteiger partial charge >= 0.3 is 11.9 Å². The van der Waals surface area contributed by atoms with Crippen LogP contribution in [0.4, 0.5) is 30.7 Å². The zero-order chi connectivity index (χ0) is 13.4. The van der Waals surface area contributed by atoms with Gasteiger partial charge in [-0.3, -0.25) is 0 Å². The summed E-state index contributed by atoms with van der Waals surface area (Å²) in [5, 5.41) is 8.28. The number of aliphatic carboxylic acids is 1. The van der Waals surface area contributed by atoms with Gasteiger partial charge in [0.1, 0.15) is 0 Å². The number of carboxylic acid groups (broad SMARTS) is 1. The molecule has 1 N–H and O–H groups in total. The lowest BCUT2D eigenvalue weighted by Crippen LogP contribution is -2.56. The van der Waals surface area contributed by atoms with E-state index in [2.05, 4.69) is 0 Å². The van der Waals surface area contributed by atoms with Crippen molar-refractivity contribution in [2.45, 2.75) is 29.3 Å². The Balaban J connectivity index is 2.80. The van der Waals surface area contributed by atoms with E-state index >= 15 is 0 Å². The number of carboxylic acids is 1. The van der Waals surface area contributed by atoms with Gasteiger partial charge in [0.25, 0.3) is 11.3 Å². The van der Waals surface area contributed by atoms with Gasteiger partial charge in [0.05, 0.1) is 0 Å². The molecule has 0 amide bonds. The van der Waals surface area contributed by atoms with Crippen molar-refractivity contribution in [1.29, 1.82) is 0 Å². The zero-order valence-electron chi connectivity index (χ0n) is 7.71. The van der Waals surface area contributed by atoms with E-state index in [1.807, 2.05) is 0 Å². The van der Waals surface area contributed by atoms with Crippen LogP contribution in [-0.2, 0) is 4.79 Å². The predicted molar refractivity (Wildman–Crippen MR) is 38.0 cm³/mol. The lowest BCUT2D eigenvalue weighted by molar-refractivity contribution is -0.187. The quantitative estimate of drug-likeness (QED) is 0.738. The molecular weight excluding hydrogens is 261 g/mol. The fourth-order valence-corrected chi connectivity index (χ4v) is 2.17. The van der Waals surface area contributed by atoms with Crippen molar-refractivity contribution in [1.82, 2.24) is 0 Å². The third-order valence-corrected chi connectivity index (χ3v) is 3.15. The van der Waals surface area contributed by atoms with Crippen LogP contribution in [0, 0.1) is 0 Å². The Morgan fingerprint density at radius 2 is 1.53 bits per heavy atom. The first kappa shape index (κ1) is 12.2. The Morgan fingerprint density at radius 1 is 1.06 bits per heavy atom. The van der Waals surface area contributed by atoms with Crippen LogP contribution in [0.2, 0.25) is 0 Å². The molecule has 2 rings (SSSR count). The van der Waals surface area contributed by atoms with Gasteiger partial charge in [-0.05, 0) is 0 Å². The molecule has 1 fully saturated rings. The van der Waals surface area contributed by atoms with E-state index in [-0.39, 0.29) is 0 Å². The number of hydrogen-bond donors (Lipinski definition) is 1. The number of carbonyl (C=O) groups is 1. The standard InChI is InChI=1S/C8H3F7O2/c9-2-3(10)7(13)6(12,4(16)17)1-5(2,11)8(7,14)15/h1H2,(H,16,17). The first-order valence-corrected chi connectivity index (χ1v) is 4.21. The second-order valence-corrected chi connectivity index (χ2v) is 3.95. The molecule has 0 saturated heterocycles. The maximum Gasteiger partial charge on any atom is 0.345 e. The zero-order valence-corrected chi connectivity index (χ0v) is 7.71. The van der Waals surface area contributed by atoms with Crippen LogP contribution < -0.4 is 0 Å². The SMILES string of the molecule is O=C(O)C1(F)CC2(F)C(F)=C(F)C1(F)C2(F)F. The van der Waals surface area contributed by atoms with Gasteiger partial charge in [-0.2, -0.15) is 8.78 Å². The summed E-state index contributed by atoms with van der Waals surface area (Å²) < 4.78 is 92.6. The average molecular weight is 264 g/mol. The average Bonchev–Trinajstić information content (AvgIpc) is 2.39. The molecule has 0 aliphatic heterocycles. The fraction of sp³-hybridized carbons (Fsp3) is 0.625. The van der Waals surface area contributed by atoms with E-state index in [0.29, 0.717) is 0 Å². The Labute approximate surface area is 88.7 Å². The van der Waals surface area contributed by atoms with Crippen molar-refractivity contribution in [3.8, 4) is 0 Å². The molecule has 2 aliphatic rings. The molecule has 0 spiro atoms. The smallest absolute Gasteiger partial charge is 0.345 e. The van der Waals surface area contributed by atoms with Gasteiger partial charge in [-0.1, -0.05) is 0 Å². The monoisotopic (exact) mass is 264 g/mol. The Morgan fingerprint density at radius 3 is 1.82 bits per heavy atom. The summed E-state index contributed by atoms with van der Waals surface area (Å²) in [5.74, 6) is -14.1. The largest absolute Gasteiger partial charge is 0.479 e. The highest BCUT2D eigenvalue weighted by Gasteiger charge is 2.94. The third kappa shape index (κ3) is 0.825. The summed E-state index contributed by atoms with van der Waals surface area (Å²) in [6, 6.07) is 0. The van der Waals surface area contributed by atoms with Crippen molar-refractivity contribution >= 4 is 5.97 Å². The van der Waals surface area contributed by atoms with Gasteiger partial charge in [-0.25, -0.2) is 26.7 Å². The number of allylic oxidation sites excluding steroid dienone is 2. The van der Waals surface area contributed by atoms with Crippen LogP contribution in [0.5, 0.6) is 0 Å². The van der Waals surface area contributed by atoms with Crippen LogP contribution in [-0.4, -0.2) is 34.0 Å². The Hall–Kier alpha value is -1.28. The molecule has 17 heavy (non-hydrogen) atoms. The van der Waals surface area contributed by atoms with Gasteiger partial charge in [0.15, 0.2) is 11.7 Å². The van der Waals surface area contributed by atoms with E-state index in [1.54, 1.807) is 0 Å². The second-order valence-electron chi connectivity index (χ2n) is 3.95. The summed E-state index contributed by atoms with van der Waals surface area (Å²) in [7, 11) is 0. The lowest BCUT2D eigenvalue weighted by atomic mass is 9.85. The molecule has 0 aromatic heterocycles. The first-order chi connectivity index (χ1) is 7.47. The minimum Gasteiger partial charge on any atom is -0.479 e. The summed E-state index contributed by atoms with van der Waals surface area (Å²) in [4.78, 5) is 10.4. The van der Waals surface area contributed by atoms with Crippen molar-refractivity contribution < 1.29 is 40.6 Å². The molecule has 2 aliphatic carbocycles. The molecule has 96 valence electrons. The van der Waals surface area contributed by atoms with E-state index in [9.17, 15) is 35.5 Å². The highest BCUT2D eigenvalue weighted by atomic mass is 19.3. The first-order valence-electron chi connectivity index (χ1n) is 4.21. The molecule has 9 heteroatoms. The number of hydrogen-bond acceptors (Lipinski definition) is 1. The molecule has 1 saturated carbocycles. The second kappa shape index (κ2) is 2.59. The molecule has 2 nitrogen and oxygen atoms in total. The van der Waals surface area contributed by atoms with Gasteiger partial charge in [0.2, 0.25) is 5.67 Å².